The van der Waals surface area contributed by atoms with Crippen molar-refractivity contribution in [3.05, 3.63) is 23.8 Å². The molecule has 0 aliphatic rings. The molecule has 0 aliphatic heterocycles. The van der Waals surface area contributed by atoms with E-state index in [4.69, 9.17) is 15.9 Å². The molecule has 0 radical (unpaired) electrons. The average Bonchev–Trinajstić information content (AvgIpc) is 2.31. The highest BCUT2D eigenvalue weighted by atomic mass is 16.5. The molecule has 0 fully saturated rings. The SMILES string of the molecule is CCN(CC)c1ccc(CC(=N)N)c(OC)c1. The van der Waals surface area contributed by atoms with Gasteiger partial charge in [-0.05, 0) is 19.9 Å². The highest BCUT2D eigenvalue weighted by molar-refractivity contribution is 5.80. The van der Waals surface area contributed by atoms with E-state index in [-0.39, 0.29) is 5.84 Å². The van der Waals surface area contributed by atoms with Crippen molar-refractivity contribution in [3.8, 4) is 5.75 Å². The first-order valence-corrected chi connectivity index (χ1v) is 5.87. The van der Waals surface area contributed by atoms with E-state index < -0.39 is 0 Å². The van der Waals surface area contributed by atoms with Crippen molar-refractivity contribution in [2.45, 2.75) is 20.3 Å². The predicted molar refractivity (Wildman–Crippen MR) is 72.2 cm³/mol. The Morgan fingerprint density at radius 1 is 1.35 bits per heavy atom. The van der Waals surface area contributed by atoms with E-state index in [9.17, 15) is 0 Å². The van der Waals surface area contributed by atoms with E-state index in [1.165, 1.54) is 0 Å². The molecular weight excluding hydrogens is 214 g/mol. The molecule has 1 rings (SSSR count). The van der Waals surface area contributed by atoms with Gasteiger partial charge in [-0.2, -0.15) is 0 Å². The smallest absolute Gasteiger partial charge is 0.124 e. The monoisotopic (exact) mass is 235 g/mol. The van der Waals surface area contributed by atoms with Gasteiger partial charge in [0.2, 0.25) is 0 Å². The van der Waals surface area contributed by atoms with Gasteiger partial charge in [-0.25, -0.2) is 0 Å². The Morgan fingerprint density at radius 2 is 2.00 bits per heavy atom. The molecule has 4 nitrogen and oxygen atoms in total. The number of benzene rings is 1. The minimum atomic E-state index is 0.152. The van der Waals surface area contributed by atoms with Crippen LogP contribution in [0.2, 0.25) is 0 Å². The average molecular weight is 235 g/mol. The standard InChI is InChI=1S/C13H21N3O/c1-4-16(5-2)11-7-6-10(8-13(14)15)12(9-11)17-3/h6-7,9H,4-5,8H2,1-3H3,(H3,14,15). The second-order valence-electron chi connectivity index (χ2n) is 3.87. The number of hydrogen-bond acceptors (Lipinski definition) is 3. The van der Waals surface area contributed by atoms with Crippen molar-refractivity contribution in [2.24, 2.45) is 5.73 Å². The zero-order chi connectivity index (χ0) is 12.8. The predicted octanol–water partition coefficient (Wildman–Crippen LogP) is 2.02. The maximum Gasteiger partial charge on any atom is 0.124 e. The molecular formula is C13H21N3O. The van der Waals surface area contributed by atoms with E-state index in [0.717, 1.165) is 30.1 Å². The van der Waals surface area contributed by atoms with Gasteiger partial charge in [0.1, 0.15) is 5.75 Å². The van der Waals surface area contributed by atoms with Gasteiger partial charge in [0.05, 0.1) is 12.9 Å². The summed E-state index contributed by atoms with van der Waals surface area (Å²) in [6.07, 6.45) is 0.432. The molecule has 1 aromatic carbocycles. The van der Waals surface area contributed by atoms with E-state index in [1.54, 1.807) is 7.11 Å². The second-order valence-corrected chi connectivity index (χ2v) is 3.87. The fourth-order valence-electron chi connectivity index (χ4n) is 1.87. The summed E-state index contributed by atoms with van der Waals surface area (Å²) >= 11 is 0. The fourth-order valence-corrected chi connectivity index (χ4v) is 1.87. The van der Waals surface area contributed by atoms with Gasteiger partial charge in [-0.3, -0.25) is 5.41 Å². The Bertz CT molecular complexity index is 386. The Labute approximate surface area is 103 Å². The summed E-state index contributed by atoms with van der Waals surface area (Å²) in [7, 11) is 1.64. The van der Waals surface area contributed by atoms with Crippen LogP contribution < -0.4 is 15.4 Å². The lowest BCUT2D eigenvalue weighted by molar-refractivity contribution is 0.411. The first-order valence-electron chi connectivity index (χ1n) is 5.87. The minimum Gasteiger partial charge on any atom is -0.496 e. The van der Waals surface area contributed by atoms with Crippen LogP contribution in [0.1, 0.15) is 19.4 Å². The molecule has 4 heteroatoms. The number of anilines is 1. The number of rotatable bonds is 6. The fraction of sp³-hybridized carbons (Fsp3) is 0.462. The molecule has 0 aliphatic carbocycles. The molecule has 0 spiro atoms. The van der Waals surface area contributed by atoms with E-state index in [0.29, 0.717) is 6.42 Å². The lowest BCUT2D eigenvalue weighted by Gasteiger charge is -2.22. The first kappa shape index (κ1) is 13.4. The molecule has 0 unspecified atom stereocenters. The highest BCUT2D eigenvalue weighted by Gasteiger charge is 2.08. The summed E-state index contributed by atoms with van der Waals surface area (Å²) < 4.78 is 5.35. The Morgan fingerprint density at radius 3 is 2.47 bits per heavy atom. The molecule has 0 amide bonds. The Hall–Kier alpha value is -1.71. The van der Waals surface area contributed by atoms with E-state index in [2.05, 4.69) is 18.7 Å². The van der Waals surface area contributed by atoms with E-state index >= 15 is 0 Å². The van der Waals surface area contributed by atoms with Crippen LogP contribution in [0.15, 0.2) is 18.2 Å². The number of nitrogens with two attached hydrogens (primary N) is 1. The summed E-state index contributed by atoms with van der Waals surface area (Å²) in [5.41, 5.74) is 7.51. The van der Waals surface area contributed by atoms with Crippen LogP contribution in [0, 0.1) is 5.41 Å². The maximum absolute atomic E-state index is 7.33. The normalized spacial score (nSPS) is 10.1. The number of hydrogen-bond donors (Lipinski definition) is 2. The van der Waals surface area contributed by atoms with Crippen molar-refractivity contribution in [2.75, 3.05) is 25.1 Å². The maximum atomic E-state index is 7.33. The van der Waals surface area contributed by atoms with Crippen LogP contribution in [0.25, 0.3) is 0 Å². The molecule has 1 aromatic rings. The van der Waals surface area contributed by atoms with Crippen molar-refractivity contribution in [1.82, 2.24) is 0 Å². The molecule has 0 atom stereocenters. The van der Waals surface area contributed by atoms with Gasteiger partial charge >= 0.3 is 0 Å². The molecule has 3 N–H and O–H groups in total. The van der Waals surface area contributed by atoms with Crippen LogP contribution in [-0.4, -0.2) is 26.0 Å². The number of nitrogens with one attached hydrogen (secondary N) is 1. The van der Waals surface area contributed by atoms with Crippen LogP contribution in [0.5, 0.6) is 5.75 Å². The summed E-state index contributed by atoms with van der Waals surface area (Å²) in [6, 6.07) is 6.03. The first-order chi connectivity index (χ1) is 8.12. The zero-order valence-electron chi connectivity index (χ0n) is 10.8. The van der Waals surface area contributed by atoms with E-state index in [1.807, 2.05) is 18.2 Å². The van der Waals surface area contributed by atoms with Gasteiger partial charge in [-0.1, -0.05) is 6.07 Å². The topological polar surface area (TPSA) is 62.3 Å². The van der Waals surface area contributed by atoms with Gasteiger partial charge in [0, 0.05) is 36.8 Å². The molecule has 0 heterocycles. The van der Waals surface area contributed by atoms with Gasteiger partial charge in [0.15, 0.2) is 0 Å². The summed E-state index contributed by atoms with van der Waals surface area (Å²) in [5, 5.41) is 7.33. The molecule has 0 saturated carbocycles. The van der Waals surface area contributed by atoms with Crippen LogP contribution in [0.3, 0.4) is 0 Å². The molecule has 0 bridgehead atoms. The third-order valence-electron chi connectivity index (χ3n) is 2.78. The zero-order valence-corrected chi connectivity index (χ0v) is 10.8. The summed E-state index contributed by atoms with van der Waals surface area (Å²) in [6.45, 7) is 6.18. The second kappa shape index (κ2) is 6.13. The molecule has 0 aromatic heterocycles. The number of ether oxygens (including phenoxy) is 1. The van der Waals surface area contributed by atoms with Gasteiger partial charge < -0.3 is 15.4 Å². The molecule has 94 valence electrons. The third-order valence-corrected chi connectivity index (χ3v) is 2.78. The summed E-state index contributed by atoms with van der Waals surface area (Å²) in [5.74, 6) is 0.948. The summed E-state index contributed by atoms with van der Waals surface area (Å²) in [4.78, 5) is 2.25. The lowest BCUT2D eigenvalue weighted by atomic mass is 10.1. The molecule has 0 saturated heterocycles. The number of methoxy groups -OCH3 is 1. The lowest BCUT2D eigenvalue weighted by Crippen LogP contribution is -2.22. The number of amidine groups is 1. The third kappa shape index (κ3) is 3.37. The number of nitrogens with zero attached hydrogens (tertiary/aromatic N) is 1. The molecule has 17 heavy (non-hydrogen) atoms. The van der Waals surface area contributed by atoms with Crippen molar-refractivity contribution in [1.29, 1.82) is 5.41 Å². The van der Waals surface area contributed by atoms with Crippen molar-refractivity contribution < 1.29 is 4.74 Å². The Kier molecular flexibility index (Phi) is 4.82. The van der Waals surface area contributed by atoms with Crippen molar-refractivity contribution >= 4 is 11.5 Å². The van der Waals surface area contributed by atoms with Crippen LogP contribution in [0.4, 0.5) is 5.69 Å². The quantitative estimate of drug-likeness (QED) is 0.585. The van der Waals surface area contributed by atoms with Gasteiger partial charge in [-0.15, -0.1) is 0 Å². The van der Waals surface area contributed by atoms with Crippen LogP contribution >= 0.6 is 0 Å². The minimum absolute atomic E-state index is 0.152. The highest BCUT2D eigenvalue weighted by Crippen LogP contribution is 2.25. The largest absolute Gasteiger partial charge is 0.496 e. The van der Waals surface area contributed by atoms with Crippen LogP contribution in [-0.2, 0) is 6.42 Å². The Balaban J connectivity index is 3.03. The van der Waals surface area contributed by atoms with Crippen molar-refractivity contribution in [3.63, 3.8) is 0 Å². The van der Waals surface area contributed by atoms with Gasteiger partial charge in [0.25, 0.3) is 0 Å².